The molecule has 1 amide bonds. The van der Waals surface area contributed by atoms with Gasteiger partial charge in [0, 0.05) is 12.0 Å². The highest BCUT2D eigenvalue weighted by atomic mass is 16.5. The van der Waals surface area contributed by atoms with Crippen molar-refractivity contribution in [2.45, 2.75) is 90.9 Å². The fraction of sp³-hybridized carbons (Fsp3) is 0.441. The second kappa shape index (κ2) is 17.8. The summed E-state index contributed by atoms with van der Waals surface area (Å²) in [6, 6.07) is 18.3. The van der Waals surface area contributed by atoms with E-state index in [0.29, 0.717) is 35.7 Å². The van der Waals surface area contributed by atoms with Crippen molar-refractivity contribution in [1.82, 2.24) is 5.43 Å². The highest BCUT2D eigenvalue weighted by Gasteiger charge is 2.14. The molecule has 0 aliphatic rings. The summed E-state index contributed by atoms with van der Waals surface area (Å²) in [5, 5.41) is 6.06. The molecule has 0 bridgehead atoms. The number of carbonyl (C=O) groups excluding carboxylic acids is 2. The van der Waals surface area contributed by atoms with Gasteiger partial charge in [-0.25, -0.2) is 10.2 Å². The van der Waals surface area contributed by atoms with Crippen molar-refractivity contribution < 1.29 is 19.1 Å². The van der Waals surface area contributed by atoms with E-state index < -0.39 is 5.97 Å². The van der Waals surface area contributed by atoms with Crippen molar-refractivity contribution in [1.29, 1.82) is 0 Å². The number of unbranched alkanes of at least 4 members (excludes halogenated alkanes) is 10. The van der Waals surface area contributed by atoms with E-state index in [2.05, 4.69) is 17.5 Å². The van der Waals surface area contributed by atoms with Crippen LogP contribution in [0.1, 0.15) is 107 Å². The van der Waals surface area contributed by atoms with Crippen LogP contribution >= 0.6 is 0 Å². The number of ether oxygens (including phenoxy) is 2. The Kier molecular flexibility index (Phi) is 13.8. The molecule has 40 heavy (non-hydrogen) atoms. The Morgan fingerprint density at radius 2 is 1.43 bits per heavy atom. The fourth-order valence-corrected chi connectivity index (χ4v) is 4.68. The predicted octanol–water partition coefficient (Wildman–Crippen LogP) is 8.61. The number of fused-ring (bicyclic) bond motifs is 1. The number of nitrogens with zero attached hydrogens (tertiary/aromatic N) is 1. The molecule has 0 fully saturated rings. The maximum absolute atomic E-state index is 12.9. The highest BCUT2D eigenvalue weighted by Crippen LogP contribution is 2.27. The molecule has 6 heteroatoms. The van der Waals surface area contributed by atoms with Crippen LogP contribution in [0.15, 0.2) is 65.8 Å². The minimum Gasteiger partial charge on any atom is -0.494 e. The summed E-state index contributed by atoms with van der Waals surface area (Å²) in [5.74, 6) is 0.483. The van der Waals surface area contributed by atoms with Gasteiger partial charge in [0.1, 0.15) is 11.5 Å². The summed E-state index contributed by atoms with van der Waals surface area (Å²) in [5.41, 5.74) is 3.69. The van der Waals surface area contributed by atoms with Crippen LogP contribution in [-0.2, 0) is 4.79 Å². The van der Waals surface area contributed by atoms with Crippen LogP contribution in [0, 0.1) is 0 Å². The molecule has 214 valence electrons. The molecule has 0 aliphatic carbocycles. The molecular weight excluding hydrogens is 500 g/mol. The van der Waals surface area contributed by atoms with E-state index in [0.717, 1.165) is 23.6 Å². The normalized spacial score (nSPS) is 11.2. The van der Waals surface area contributed by atoms with Crippen molar-refractivity contribution in [3.63, 3.8) is 0 Å². The van der Waals surface area contributed by atoms with Crippen molar-refractivity contribution in [2.75, 3.05) is 6.61 Å². The van der Waals surface area contributed by atoms with Gasteiger partial charge in [-0.3, -0.25) is 4.79 Å². The second-order valence-electron chi connectivity index (χ2n) is 10.1. The lowest BCUT2D eigenvalue weighted by Crippen LogP contribution is -2.17. The van der Waals surface area contributed by atoms with E-state index in [9.17, 15) is 9.59 Å². The van der Waals surface area contributed by atoms with Crippen LogP contribution in [0.2, 0.25) is 0 Å². The third-order valence-corrected chi connectivity index (χ3v) is 6.92. The molecule has 3 aromatic rings. The van der Waals surface area contributed by atoms with E-state index >= 15 is 0 Å². The van der Waals surface area contributed by atoms with E-state index in [4.69, 9.17) is 9.47 Å². The SMILES string of the molecule is CCCCCCCCCCCCCC(=O)N/N=C/c1c(OC(=O)c2ccc(OCC)cc2)ccc2ccccc12. The first-order chi connectivity index (χ1) is 19.6. The van der Waals surface area contributed by atoms with Crippen molar-refractivity contribution in [3.8, 4) is 11.5 Å². The number of hydrogen-bond donors (Lipinski definition) is 1. The number of rotatable bonds is 18. The summed E-state index contributed by atoms with van der Waals surface area (Å²) >= 11 is 0. The molecule has 6 nitrogen and oxygen atoms in total. The average Bonchev–Trinajstić information content (AvgIpc) is 2.97. The van der Waals surface area contributed by atoms with Gasteiger partial charge in [0.25, 0.3) is 0 Å². The molecule has 0 spiro atoms. The maximum atomic E-state index is 12.9. The molecule has 0 radical (unpaired) electrons. The molecule has 3 aromatic carbocycles. The van der Waals surface area contributed by atoms with Gasteiger partial charge in [-0.05, 0) is 54.4 Å². The van der Waals surface area contributed by atoms with Gasteiger partial charge in [-0.1, -0.05) is 101 Å². The van der Waals surface area contributed by atoms with E-state index in [1.165, 1.54) is 57.8 Å². The maximum Gasteiger partial charge on any atom is 0.343 e. The molecule has 0 atom stereocenters. The molecule has 0 saturated carbocycles. The Labute approximate surface area is 239 Å². The summed E-state index contributed by atoms with van der Waals surface area (Å²) in [7, 11) is 0. The van der Waals surface area contributed by atoms with Crippen LogP contribution < -0.4 is 14.9 Å². The van der Waals surface area contributed by atoms with Crippen LogP contribution in [-0.4, -0.2) is 24.7 Å². The van der Waals surface area contributed by atoms with Crippen LogP contribution in [0.4, 0.5) is 0 Å². The number of esters is 1. The minimum absolute atomic E-state index is 0.111. The lowest BCUT2D eigenvalue weighted by molar-refractivity contribution is -0.121. The Balaban J connectivity index is 1.50. The van der Waals surface area contributed by atoms with Gasteiger partial charge in [0.05, 0.1) is 18.4 Å². The lowest BCUT2D eigenvalue weighted by Gasteiger charge is -2.11. The summed E-state index contributed by atoms with van der Waals surface area (Å²) in [6.45, 7) is 4.71. The molecule has 3 rings (SSSR count). The fourth-order valence-electron chi connectivity index (χ4n) is 4.68. The number of carbonyl (C=O) groups is 2. The Bertz CT molecular complexity index is 1220. The molecular formula is C34H44N2O4. The third-order valence-electron chi connectivity index (χ3n) is 6.92. The Hall–Kier alpha value is -3.67. The number of benzene rings is 3. The molecule has 1 N–H and O–H groups in total. The van der Waals surface area contributed by atoms with Gasteiger partial charge in [-0.2, -0.15) is 5.10 Å². The van der Waals surface area contributed by atoms with Gasteiger partial charge in [0.2, 0.25) is 5.91 Å². The molecule has 0 aromatic heterocycles. The Morgan fingerprint density at radius 1 is 0.775 bits per heavy atom. The van der Waals surface area contributed by atoms with Crippen molar-refractivity contribution in [2.24, 2.45) is 5.10 Å². The zero-order valence-electron chi connectivity index (χ0n) is 24.1. The minimum atomic E-state index is -0.478. The van der Waals surface area contributed by atoms with Crippen molar-refractivity contribution >= 4 is 28.9 Å². The highest BCUT2D eigenvalue weighted by molar-refractivity contribution is 6.04. The van der Waals surface area contributed by atoms with Gasteiger partial charge >= 0.3 is 5.97 Å². The molecule has 0 aliphatic heterocycles. The van der Waals surface area contributed by atoms with Crippen molar-refractivity contribution in [3.05, 3.63) is 71.8 Å². The first-order valence-corrected chi connectivity index (χ1v) is 14.9. The van der Waals surface area contributed by atoms with Crippen LogP contribution in [0.3, 0.4) is 0 Å². The van der Waals surface area contributed by atoms with Gasteiger partial charge in [-0.15, -0.1) is 0 Å². The number of hydrazone groups is 1. The van der Waals surface area contributed by atoms with Gasteiger partial charge < -0.3 is 9.47 Å². The Morgan fingerprint density at radius 3 is 2.10 bits per heavy atom. The number of nitrogens with one attached hydrogen (secondary N) is 1. The summed E-state index contributed by atoms with van der Waals surface area (Å²) in [6.07, 6.45) is 15.7. The first kappa shape index (κ1) is 30.9. The monoisotopic (exact) mass is 544 g/mol. The quantitative estimate of drug-likeness (QED) is 0.0572. The average molecular weight is 545 g/mol. The standard InChI is InChI=1S/C34H44N2O4/c1-3-5-6-7-8-9-10-11-12-13-14-19-33(37)36-35-26-31-30-18-16-15-17-27(30)22-25-32(31)40-34(38)28-20-23-29(24-21-28)39-4-2/h15-18,20-26H,3-14,19H2,1-2H3,(H,36,37)/b35-26+. The first-order valence-electron chi connectivity index (χ1n) is 14.9. The van der Waals surface area contributed by atoms with E-state index in [1.54, 1.807) is 36.5 Å². The summed E-state index contributed by atoms with van der Waals surface area (Å²) < 4.78 is 11.2. The number of hydrogen-bond acceptors (Lipinski definition) is 5. The van der Waals surface area contributed by atoms with E-state index in [-0.39, 0.29) is 5.91 Å². The van der Waals surface area contributed by atoms with E-state index in [1.807, 2.05) is 37.3 Å². The lowest BCUT2D eigenvalue weighted by atomic mass is 10.0. The second-order valence-corrected chi connectivity index (χ2v) is 10.1. The number of amides is 1. The third kappa shape index (κ3) is 10.5. The zero-order chi connectivity index (χ0) is 28.4. The summed E-state index contributed by atoms with van der Waals surface area (Å²) in [4.78, 5) is 25.2. The van der Waals surface area contributed by atoms with Crippen LogP contribution in [0.5, 0.6) is 11.5 Å². The smallest absolute Gasteiger partial charge is 0.343 e. The molecule has 0 unspecified atom stereocenters. The van der Waals surface area contributed by atoms with Gasteiger partial charge in [0.15, 0.2) is 0 Å². The molecule has 0 saturated heterocycles. The zero-order valence-corrected chi connectivity index (χ0v) is 24.1. The predicted molar refractivity (Wildman–Crippen MR) is 163 cm³/mol. The topological polar surface area (TPSA) is 77.0 Å². The van der Waals surface area contributed by atoms with Crippen LogP contribution in [0.25, 0.3) is 10.8 Å². The molecule has 0 heterocycles. The largest absolute Gasteiger partial charge is 0.494 e.